The third kappa shape index (κ3) is 3.22. The second-order valence-corrected chi connectivity index (χ2v) is 5.89. The van der Waals surface area contributed by atoms with E-state index in [-0.39, 0.29) is 5.78 Å². The Morgan fingerprint density at radius 3 is 2.55 bits per heavy atom. The second-order valence-electron chi connectivity index (χ2n) is 5.89. The van der Waals surface area contributed by atoms with Gasteiger partial charge in [0.2, 0.25) is 0 Å². The number of carbonyl (C=O) groups is 1. The summed E-state index contributed by atoms with van der Waals surface area (Å²) in [4.78, 5) is 17.7. The standard InChI is InChI=1S/C18H25N3O/c1-5-15(19)17(12(2)22)18-14(10-11-21(3)4)13-8-6-7-9-16(13)20-18/h6-9,20H,5,10-11,19H2,1-4H3/b17-15+. The molecule has 0 aliphatic heterocycles. The molecule has 0 fully saturated rings. The number of nitrogens with zero attached hydrogens (tertiary/aromatic N) is 1. The molecule has 0 unspecified atom stereocenters. The van der Waals surface area contributed by atoms with Gasteiger partial charge in [0, 0.05) is 23.1 Å². The average Bonchev–Trinajstić information content (AvgIpc) is 2.82. The van der Waals surface area contributed by atoms with Crippen LogP contribution < -0.4 is 5.73 Å². The normalized spacial score (nSPS) is 12.8. The lowest BCUT2D eigenvalue weighted by molar-refractivity contribution is -0.111. The van der Waals surface area contributed by atoms with Crippen molar-refractivity contribution in [1.29, 1.82) is 0 Å². The molecule has 0 aliphatic rings. The van der Waals surface area contributed by atoms with Gasteiger partial charge in [-0.05, 0) is 45.5 Å². The van der Waals surface area contributed by atoms with E-state index in [9.17, 15) is 4.79 Å². The van der Waals surface area contributed by atoms with Gasteiger partial charge in [0.1, 0.15) is 0 Å². The number of para-hydroxylation sites is 1. The van der Waals surface area contributed by atoms with E-state index >= 15 is 0 Å². The molecule has 2 rings (SSSR count). The topological polar surface area (TPSA) is 62.1 Å². The van der Waals surface area contributed by atoms with Crippen LogP contribution in [0.2, 0.25) is 0 Å². The number of allylic oxidation sites excluding steroid dienone is 2. The Hall–Kier alpha value is -2.07. The van der Waals surface area contributed by atoms with Gasteiger partial charge in [-0.25, -0.2) is 0 Å². The first kappa shape index (κ1) is 16.3. The van der Waals surface area contributed by atoms with E-state index in [2.05, 4.69) is 30.0 Å². The molecule has 118 valence electrons. The number of aromatic nitrogens is 1. The van der Waals surface area contributed by atoms with E-state index in [4.69, 9.17) is 5.73 Å². The maximum atomic E-state index is 12.1. The monoisotopic (exact) mass is 299 g/mol. The predicted octanol–water partition coefficient (Wildman–Crippen LogP) is 2.94. The number of Topliss-reactive ketones (excluding diaryl/α,β-unsaturated/α-hetero) is 1. The van der Waals surface area contributed by atoms with E-state index in [1.165, 1.54) is 10.9 Å². The van der Waals surface area contributed by atoms with Crippen LogP contribution in [0.15, 0.2) is 30.0 Å². The van der Waals surface area contributed by atoms with Crippen LogP contribution in [0.1, 0.15) is 31.5 Å². The summed E-state index contributed by atoms with van der Waals surface area (Å²) in [5.41, 5.74) is 10.5. The molecule has 0 amide bonds. The summed E-state index contributed by atoms with van der Waals surface area (Å²) in [7, 11) is 4.10. The number of fused-ring (bicyclic) bond motifs is 1. The lowest BCUT2D eigenvalue weighted by Gasteiger charge is -2.13. The molecule has 22 heavy (non-hydrogen) atoms. The van der Waals surface area contributed by atoms with Crippen molar-refractivity contribution in [3.63, 3.8) is 0 Å². The van der Waals surface area contributed by atoms with Crippen molar-refractivity contribution >= 4 is 22.3 Å². The van der Waals surface area contributed by atoms with Gasteiger partial charge in [0.05, 0.1) is 11.3 Å². The maximum Gasteiger partial charge on any atom is 0.163 e. The summed E-state index contributed by atoms with van der Waals surface area (Å²) in [5.74, 6) is 0.0111. The fourth-order valence-corrected chi connectivity index (χ4v) is 2.75. The molecular weight excluding hydrogens is 274 g/mol. The number of hydrogen-bond acceptors (Lipinski definition) is 3. The van der Waals surface area contributed by atoms with Crippen LogP contribution in [0.5, 0.6) is 0 Å². The molecule has 0 saturated carbocycles. The van der Waals surface area contributed by atoms with Gasteiger partial charge in [-0.2, -0.15) is 0 Å². The van der Waals surface area contributed by atoms with E-state index in [0.717, 1.165) is 24.2 Å². The number of nitrogens with one attached hydrogen (secondary N) is 1. The summed E-state index contributed by atoms with van der Waals surface area (Å²) in [6.45, 7) is 4.48. The first-order chi connectivity index (χ1) is 10.5. The zero-order chi connectivity index (χ0) is 16.3. The molecule has 4 nitrogen and oxygen atoms in total. The molecule has 0 atom stereocenters. The molecule has 0 aliphatic carbocycles. The van der Waals surface area contributed by atoms with Crippen molar-refractivity contribution in [2.45, 2.75) is 26.7 Å². The van der Waals surface area contributed by atoms with E-state index in [1.54, 1.807) is 6.92 Å². The zero-order valence-corrected chi connectivity index (χ0v) is 13.9. The lowest BCUT2D eigenvalue weighted by Crippen LogP contribution is -2.16. The number of benzene rings is 1. The molecule has 0 radical (unpaired) electrons. The van der Waals surface area contributed by atoms with Crippen LogP contribution in [-0.4, -0.2) is 36.3 Å². The number of rotatable bonds is 6. The summed E-state index contributed by atoms with van der Waals surface area (Å²) in [6, 6.07) is 8.16. The highest BCUT2D eigenvalue weighted by molar-refractivity contribution is 6.21. The van der Waals surface area contributed by atoms with Crippen LogP contribution in [-0.2, 0) is 11.2 Å². The predicted molar refractivity (Wildman–Crippen MR) is 92.6 cm³/mol. The Bertz CT molecular complexity index is 710. The Morgan fingerprint density at radius 2 is 1.95 bits per heavy atom. The molecule has 4 heteroatoms. The highest BCUT2D eigenvalue weighted by Crippen LogP contribution is 2.30. The molecule has 0 spiro atoms. The summed E-state index contributed by atoms with van der Waals surface area (Å²) < 4.78 is 0. The average molecular weight is 299 g/mol. The van der Waals surface area contributed by atoms with Gasteiger partial charge in [-0.1, -0.05) is 25.1 Å². The molecule has 1 aromatic heterocycles. The third-order valence-corrected chi connectivity index (χ3v) is 3.93. The molecule has 3 N–H and O–H groups in total. The highest BCUT2D eigenvalue weighted by Gasteiger charge is 2.19. The van der Waals surface area contributed by atoms with E-state index < -0.39 is 0 Å². The highest BCUT2D eigenvalue weighted by atomic mass is 16.1. The maximum absolute atomic E-state index is 12.1. The van der Waals surface area contributed by atoms with Crippen LogP contribution in [0.25, 0.3) is 16.5 Å². The van der Waals surface area contributed by atoms with Crippen molar-refractivity contribution in [1.82, 2.24) is 9.88 Å². The second kappa shape index (κ2) is 6.79. The molecule has 1 aromatic carbocycles. The molecule has 2 aromatic rings. The number of aromatic amines is 1. The van der Waals surface area contributed by atoms with Crippen molar-refractivity contribution in [2.24, 2.45) is 5.73 Å². The van der Waals surface area contributed by atoms with Gasteiger partial charge >= 0.3 is 0 Å². The summed E-state index contributed by atoms with van der Waals surface area (Å²) >= 11 is 0. The zero-order valence-electron chi connectivity index (χ0n) is 13.9. The SMILES string of the molecule is CC/C(N)=C(/C(C)=O)c1[nH]c2ccccc2c1CCN(C)C. The number of likely N-dealkylation sites (N-methyl/N-ethyl adjacent to an activating group) is 1. The van der Waals surface area contributed by atoms with Crippen molar-refractivity contribution in [3.05, 3.63) is 41.2 Å². The van der Waals surface area contributed by atoms with Crippen molar-refractivity contribution in [3.8, 4) is 0 Å². The summed E-state index contributed by atoms with van der Waals surface area (Å²) in [6.07, 6.45) is 1.54. The third-order valence-electron chi connectivity index (χ3n) is 3.93. The number of hydrogen-bond donors (Lipinski definition) is 2. The summed E-state index contributed by atoms with van der Waals surface area (Å²) in [5, 5.41) is 1.17. The smallest absolute Gasteiger partial charge is 0.163 e. The lowest BCUT2D eigenvalue weighted by atomic mass is 9.98. The van der Waals surface area contributed by atoms with Crippen LogP contribution in [0.4, 0.5) is 0 Å². The minimum atomic E-state index is 0.0111. The molecule has 0 saturated heterocycles. The van der Waals surface area contributed by atoms with Gasteiger partial charge in [0.25, 0.3) is 0 Å². The number of H-pyrrole nitrogens is 1. The number of ketones is 1. The minimum absolute atomic E-state index is 0.0111. The van der Waals surface area contributed by atoms with Gasteiger partial charge in [-0.3, -0.25) is 4.79 Å². The first-order valence-electron chi connectivity index (χ1n) is 7.70. The number of nitrogens with two attached hydrogens (primary N) is 1. The van der Waals surface area contributed by atoms with Crippen LogP contribution >= 0.6 is 0 Å². The first-order valence-corrected chi connectivity index (χ1v) is 7.70. The van der Waals surface area contributed by atoms with E-state index in [0.29, 0.717) is 17.7 Å². The minimum Gasteiger partial charge on any atom is -0.401 e. The fraction of sp³-hybridized carbons (Fsp3) is 0.389. The quantitative estimate of drug-likeness (QED) is 0.806. The van der Waals surface area contributed by atoms with Crippen molar-refractivity contribution < 1.29 is 4.79 Å². The van der Waals surface area contributed by atoms with E-state index in [1.807, 2.05) is 25.1 Å². The number of carbonyl (C=O) groups excluding carboxylic acids is 1. The van der Waals surface area contributed by atoms with Gasteiger partial charge in [-0.15, -0.1) is 0 Å². The Balaban J connectivity index is 2.65. The van der Waals surface area contributed by atoms with Gasteiger partial charge in [0.15, 0.2) is 5.78 Å². The molecule has 1 heterocycles. The Kier molecular flexibility index (Phi) is 5.03. The fourth-order valence-electron chi connectivity index (χ4n) is 2.75. The molecular formula is C18H25N3O. The Morgan fingerprint density at radius 1 is 1.27 bits per heavy atom. The largest absolute Gasteiger partial charge is 0.401 e. The van der Waals surface area contributed by atoms with Crippen LogP contribution in [0, 0.1) is 0 Å². The van der Waals surface area contributed by atoms with Crippen molar-refractivity contribution in [2.75, 3.05) is 20.6 Å². The van der Waals surface area contributed by atoms with Gasteiger partial charge < -0.3 is 15.6 Å². The molecule has 0 bridgehead atoms. The Labute approximate surface area is 132 Å². The van der Waals surface area contributed by atoms with Crippen LogP contribution in [0.3, 0.4) is 0 Å².